The third-order valence-corrected chi connectivity index (χ3v) is 4.77. The SMILES string of the molecule is CCN1CCCC1CN(C)CC1Cc2nc[nH]c2CN1. The van der Waals surface area contributed by atoms with E-state index in [2.05, 4.69) is 39.1 Å². The van der Waals surface area contributed by atoms with E-state index >= 15 is 0 Å². The van der Waals surface area contributed by atoms with Crippen LogP contribution in [0.25, 0.3) is 0 Å². The van der Waals surface area contributed by atoms with Gasteiger partial charge in [-0.3, -0.25) is 4.90 Å². The highest BCUT2D eigenvalue weighted by Gasteiger charge is 2.26. The Labute approximate surface area is 121 Å². The number of imidazole rings is 1. The Kier molecular flexibility index (Phi) is 4.38. The van der Waals surface area contributed by atoms with Gasteiger partial charge in [-0.05, 0) is 33.0 Å². The first-order chi connectivity index (χ1) is 9.76. The van der Waals surface area contributed by atoms with E-state index in [4.69, 9.17) is 0 Å². The van der Waals surface area contributed by atoms with E-state index in [1.165, 1.54) is 43.9 Å². The van der Waals surface area contributed by atoms with Crippen molar-refractivity contribution in [2.75, 3.05) is 33.2 Å². The number of rotatable bonds is 5. The molecule has 0 radical (unpaired) electrons. The molecule has 2 atom stereocenters. The lowest BCUT2D eigenvalue weighted by Gasteiger charge is -2.31. The molecule has 0 aliphatic carbocycles. The fourth-order valence-electron chi connectivity index (χ4n) is 3.69. The van der Waals surface area contributed by atoms with Gasteiger partial charge in [0.15, 0.2) is 0 Å². The van der Waals surface area contributed by atoms with Crippen molar-refractivity contribution in [2.45, 2.75) is 44.8 Å². The van der Waals surface area contributed by atoms with E-state index in [0.717, 1.165) is 25.6 Å². The van der Waals surface area contributed by atoms with Gasteiger partial charge in [-0.2, -0.15) is 0 Å². The van der Waals surface area contributed by atoms with Gasteiger partial charge >= 0.3 is 0 Å². The lowest BCUT2D eigenvalue weighted by molar-refractivity contribution is 0.186. The molecule has 2 aliphatic heterocycles. The molecule has 1 saturated heterocycles. The van der Waals surface area contributed by atoms with Gasteiger partial charge in [0.05, 0.1) is 17.7 Å². The Bertz CT molecular complexity index is 430. The van der Waals surface area contributed by atoms with Gasteiger partial charge in [0.25, 0.3) is 0 Å². The van der Waals surface area contributed by atoms with Gasteiger partial charge in [0, 0.05) is 38.1 Å². The maximum Gasteiger partial charge on any atom is 0.0925 e. The van der Waals surface area contributed by atoms with E-state index < -0.39 is 0 Å². The van der Waals surface area contributed by atoms with Gasteiger partial charge in [-0.15, -0.1) is 0 Å². The lowest BCUT2D eigenvalue weighted by atomic mass is 10.0. The summed E-state index contributed by atoms with van der Waals surface area (Å²) in [5, 5.41) is 3.62. The highest BCUT2D eigenvalue weighted by atomic mass is 15.2. The highest BCUT2D eigenvalue weighted by molar-refractivity contribution is 5.15. The molecule has 5 heteroatoms. The summed E-state index contributed by atoms with van der Waals surface area (Å²) in [6.45, 7) is 7.99. The minimum atomic E-state index is 0.535. The monoisotopic (exact) mass is 277 g/mol. The van der Waals surface area contributed by atoms with Gasteiger partial charge in [-0.25, -0.2) is 4.98 Å². The van der Waals surface area contributed by atoms with Gasteiger partial charge in [0.1, 0.15) is 0 Å². The van der Waals surface area contributed by atoms with Crippen molar-refractivity contribution in [1.82, 2.24) is 25.1 Å². The Morgan fingerprint density at radius 1 is 1.45 bits per heavy atom. The zero-order valence-corrected chi connectivity index (χ0v) is 12.7. The third-order valence-electron chi connectivity index (χ3n) is 4.77. The van der Waals surface area contributed by atoms with Crippen LogP contribution in [0.1, 0.15) is 31.2 Å². The molecule has 0 saturated carbocycles. The van der Waals surface area contributed by atoms with E-state index in [1.54, 1.807) is 0 Å². The molecule has 2 unspecified atom stereocenters. The summed E-state index contributed by atoms with van der Waals surface area (Å²) in [5.74, 6) is 0. The lowest BCUT2D eigenvalue weighted by Crippen LogP contribution is -2.47. The van der Waals surface area contributed by atoms with Crippen LogP contribution in [0.2, 0.25) is 0 Å². The van der Waals surface area contributed by atoms with Crippen molar-refractivity contribution >= 4 is 0 Å². The summed E-state index contributed by atoms with van der Waals surface area (Å²) < 4.78 is 0. The average molecular weight is 277 g/mol. The first-order valence-corrected chi connectivity index (χ1v) is 7.93. The van der Waals surface area contributed by atoms with E-state index in [1.807, 2.05) is 6.33 Å². The maximum absolute atomic E-state index is 4.42. The normalized spacial score (nSPS) is 27.1. The molecule has 3 rings (SSSR count). The number of aromatic amines is 1. The Hall–Kier alpha value is -0.910. The number of hydrogen-bond acceptors (Lipinski definition) is 4. The zero-order valence-electron chi connectivity index (χ0n) is 12.7. The minimum Gasteiger partial charge on any atom is -0.347 e. The molecular formula is C15H27N5. The van der Waals surface area contributed by atoms with Crippen molar-refractivity contribution in [1.29, 1.82) is 0 Å². The van der Waals surface area contributed by atoms with Crippen molar-refractivity contribution < 1.29 is 0 Å². The number of nitrogens with zero attached hydrogens (tertiary/aromatic N) is 3. The second kappa shape index (κ2) is 6.24. The van der Waals surface area contributed by atoms with Crippen LogP contribution in [0, 0.1) is 0 Å². The largest absolute Gasteiger partial charge is 0.347 e. The first kappa shape index (κ1) is 14.0. The Morgan fingerprint density at radius 3 is 3.20 bits per heavy atom. The van der Waals surface area contributed by atoms with E-state index in [9.17, 15) is 0 Å². The van der Waals surface area contributed by atoms with Crippen LogP contribution in [0.5, 0.6) is 0 Å². The fourth-order valence-corrected chi connectivity index (χ4v) is 3.69. The molecule has 0 bridgehead atoms. The van der Waals surface area contributed by atoms with Crippen LogP contribution in [-0.2, 0) is 13.0 Å². The Morgan fingerprint density at radius 2 is 2.35 bits per heavy atom. The summed E-state index contributed by atoms with van der Waals surface area (Å²) in [4.78, 5) is 12.7. The molecule has 112 valence electrons. The number of aromatic nitrogens is 2. The molecule has 0 aromatic carbocycles. The maximum atomic E-state index is 4.42. The number of likely N-dealkylation sites (tertiary alicyclic amines) is 1. The second-order valence-corrected chi connectivity index (χ2v) is 6.26. The Balaban J connectivity index is 1.48. The quantitative estimate of drug-likeness (QED) is 0.837. The summed E-state index contributed by atoms with van der Waals surface area (Å²) in [6, 6.07) is 1.29. The molecule has 1 fully saturated rings. The molecule has 1 aromatic rings. The van der Waals surface area contributed by atoms with Crippen LogP contribution < -0.4 is 5.32 Å². The molecular weight excluding hydrogens is 250 g/mol. The number of nitrogens with one attached hydrogen (secondary N) is 2. The smallest absolute Gasteiger partial charge is 0.0925 e. The fraction of sp³-hybridized carbons (Fsp3) is 0.800. The number of fused-ring (bicyclic) bond motifs is 1. The van der Waals surface area contributed by atoms with Gasteiger partial charge in [-0.1, -0.05) is 6.92 Å². The molecule has 20 heavy (non-hydrogen) atoms. The van der Waals surface area contributed by atoms with Crippen LogP contribution in [0.4, 0.5) is 0 Å². The van der Waals surface area contributed by atoms with Gasteiger partial charge < -0.3 is 15.2 Å². The van der Waals surface area contributed by atoms with Crippen LogP contribution >= 0.6 is 0 Å². The molecule has 5 nitrogen and oxygen atoms in total. The van der Waals surface area contributed by atoms with Crippen molar-refractivity contribution in [3.05, 3.63) is 17.7 Å². The van der Waals surface area contributed by atoms with Crippen LogP contribution in [-0.4, -0.2) is 65.1 Å². The molecule has 1 aromatic heterocycles. The summed E-state index contributed by atoms with van der Waals surface area (Å²) in [7, 11) is 2.26. The number of hydrogen-bond donors (Lipinski definition) is 2. The summed E-state index contributed by atoms with van der Waals surface area (Å²) in [6.07, 6.45) is 5.59. The zero-order chi connectivity index (χ0) is 13.9. The predicted octanol–water partition coefficient (Wildman–Crippen LogP) is 0.840. The molecule has 3 heterocycles. The van der Waals surface area contributed by atoms with Crippen molar-refractivity contribution in [3.63, 3.8) is 0 Å². The second-order valence-electron chi connectivity index (χ2n) is 6.26. The van der Waals surface area contributed by atoms with Gasteiger partial charge in [0.2, 0.25) is 0 Å². The highest BCUT2D eigenvalue weighted by Crippen LogP contribution is 2.18. The number of H-pyrrole nitrogens is 1. The molecule has 0 amide bonds. The topological polar surface area (TPSA) is 47.2 Å². The summed E-state index contributed by atoms with van der Waals surface area (Å²) >= 11 is 0. The van der Waals surface area contributed by atoms with Crippen LogP contribution in [0.15, 0.2) is 6.33 Å². The predicted molar refractivity (Wildman–Crippen MR) is 80.7 cm³/mol. The van der Waals surface area contributed by atoms with E-state index in [-0.39, 0.29) is 0 Å². The van der Waals surface area contributed by atoms with Crippen molar-refractivity contribution in [2.24, 2.45) is 0 Å². The molecule has 0 spiro atoms. The van der Waals surface area contributed by atoms with E-state index in [0.29, 0.717) is 6.04 Å². The minimum absolute atomic E-state index is 0.535. The standard InChI is InChI=1S/C15H27N5/c1-3-20-6-4-5-13(20)10-19(2)9-12-7-14-15(8-16-12)18-11-17-14/h11-13,16H,3-10H2,1-2H3,(H,17,18). The van der Waals surface area contributed by atoms with Crippen molar-refractivity contribution in [3.8, 4) is 0 Å². The third kappa shape index (κ3) is 3.05. The number of likely N-dealkylation sites (N-methyl/N-ethyl adjacent to an activating group) is 2. The first-order valence-electron chi connectivity index (χ1n) is 7.93. The molecule has 2 N–H and O–H groups in total. The summed E-state index contributed by atoms with van der Waals surface area (Å²) in [5.41, 5.74) is 2.51. The molecule has 2 aliphatic rings. The van der Waals surface area contributed by atoms with Crippen LogP contribution in [0.3, 0.4) is 0 Å². The average Bonchev–Trinajstić information content (AvgIpc) is 3.06.